The zero-order chi connectivity index (χ0) is 26.6. The number of rotatable bonds is 4. The summed E-state index contributed by atoms with van der Waals surface area (Å²) in [5, 5.41) is 30.3. The lowest BCUT2D eigenvalue weighted by Crippen LogP contribution is -2.48. The average molecular weight is 524 g/mol. The van der Waals surface area contributed by atoms with Crippen LogP contribution in [0, 0.1) is 6.92 Å². The van der Waals surface area contributed by atoms with Gasteiger partial charge in [-0.1, -0.05) is 18.2 Å². The second-order valence-corrected chi connectivity index (χ2v) is 11.4. The predicted octanol–water partition coefficient (Wildman–Crippen LogP) is 2.78. The second kappa shape index (κ2) is 9.44. The van der Waals surface area contributed by atoms with E-state index < -0.39 is 54.6 Å². The van der Waals surface area contributed by atoms with E-state index >= 15 is 0 Å². The van der Waals surface area contributed by atoms with E-state index in [1.807, 2.05) is 0 Å². The number of halogens is 2. The molecule has 36 heavy (non-hydrogen) atoms. The van der Waals surface area contributed by atoms with E-state index in [0.29, 0.717) is 16.0 Å². The summed E-state index contributed by atoms with van der Waals surface area (Å²) < 4.78 is 28.1. The Morgan fingerprint density at radius 3 is 2.33 bits per heavy atom. The number of thiazole rings is 1. The van der Waals surface area contributed by atoms with Gasteiger partial charge in [0, 0.05) is 32.0 Å². The highest BCUT2D eigenvalue weighted by Gasteiger charge is 2.46. The van der Waals surface area contributed by atoms with Crippen LogP contribution in [0.5, 0.6) is 0 Å². The first-order valence-corrected chi connectivity index (χ1v) is 12.7. The molecule has 1 aromatic heterocycles. The number of carbonyl (C=O) groups excluding carboxylic acids is 2. The Morgan fingerprint density at radius 2 is 1.81 bits per heavy atom. The van der Waals surface area contributed by atoms with Crippen molar-refractivity contribution < 1.29 is 33.7 Å². The largest absolute Gasteiger partial charge is 0.391 e. The summed E-state index contributed by atoms with van der Waals surface area (Å²) in [4.78, 5) is 33.8. The third-order valence-electron chi connectivity index (χ3n) is 6.67. The zero-order valence-corrected chi connectivity index (χ0v) is 21.5. The molecule has 0 unspecified atom stereocenters. The van der Waals surface area contributed by atoms with Gasteiger partial charge in [0.2, 0.25) is 0 Å². The van der Waals surface area contributed by atoms with Crippen molar-refractivity contribution in [1.29, 1.82) is 0 Å². The number of hydrogen-bond donors (Lipinski definition) is 3. The normalized spacial score (nSPS) is 24.3. The molecule has 3 heterocycles. The molecule has 1 aromatic carbocycles. The zero-order valence-electron chi connectivity index (χ0n) is 20.7. The van der Waals surface area contributed by atoms with Gasteiger partial charge in [0.1, 0.15) is 5.69 Å². The van der Waals surface area contributed by atoms with Crippen LogP contribution in [0.15, 0.2) is 18.2 Å². The Bertz CT molecular complexity index is 1170. The number of aliphatic hydroxyl groups is 3. The third kappa shape index (κ3) is 5.29. The van der Waals surface area contributed by atoms with Crippen molar-refractivity contribution in [2.24, 2.45) is 0 Å². The summed E-state index contributed by atoms with van der Waals surface area (Å²) in [6.45, 7) is 5.95. The quantitative estimate of drug-likeness (QED) is 0.568. The van der Waals surface area contributed by atoms with Gasteiger partial charge in [-0.25, -0.2) is 13.8 Å². The third-order valence-corrected chi connectivity index (χ3v) is 7.75. The lowest BCUT2D eigenvalue weighted by molar-refractivity contribution is -0.00387. The van der Waals surface area contributed by atoms with Crippen molar-refractivity contribution in [3.8, 4) is 10.4 Å². The molecule has 2 aliphatic rings. The molecule has 3 atom stereocenters. The topological polar surface area (TPSA) is 114 Å². The van der Waals surface area contributed by atoms with Crippen LogP contribution in [-0.4, -0.2) is 85.7 Å². The molecular weight excluding hydrogens is 492 g/mol. The fraction of sp³-hybridized carbons (Fsp3) is 0.560. The standard InChI is InChI=1S/C25H31F2N3O5S/c1-13-7-15(24(3,4)35)5-6-18(13)20-19(22(33)30-12-25(26,27)9-14(30)2)28-21(36-20)23(34)29-10-16(31)8-17(32)11-29/h5-7,14,16-17,31-32,35H,8-12H2,1-4H3/t14-,16-,17+/m0/s1. The van der Waals surface area contributed by atoms with Crippen LogP contribution < -0.4 is 0 Å². The number of hydrogen-bond acceptors (Lipinski definition) is 7. The van der Waals surface area contributed by atoms with Crippen molar-refractivity contribution in [1.82, 2.24) is 14.8 Å². The van der Waals surface area contributed by atoms with E-state index in [9.17, 15) is 33.7 Å². The van der Waals surface area contributed by atoms with Crippen molar-refractivity contribution in [2.45, 2.75) is 70.3 Å². The summed E-state index contributed by atoms with van der Waals surface area (Å²) in [5.41, 5.74) is 0.783. The van der Waals surface area contributed by atoms with Crippen LogP contribution in [0.4, 0.5) is 8.78 Å². The molecule has 3 N–H and O–H groups in total. The van der Waals surface area contributed by atoms with Gasteiger partial charge in [0.15, 0.2) is 5.01 Å². The summed E-state index contributed by atoms with van der Waals surface area (Å²) >= 11 is 0.969. The number of amides is 2. The highest BCUT2D eigenvalue weighted by molar-refractivity contribution is 7.17. The van der Waals surface area contributed by atoms with Crippen LogP contribution in [0.1, 0.15) is 65.0 Å². The minimum Gasteiger partial charge on any atom is -0.391 e. The highest BCUT2D eigenvalue weighted by Crippen LogP contribution is 2.38. The smallest absolute Gasteiger partial charge is 0.283 e. The average Bonchev–Trinajstić information content (AvgIpc) is 3.31. The maximum atomic E-state index is 14.1. The summed E-state index contributed by atoms with van der Waals surface area (Å²) in [6, 6.07) is 4.50. The Balaban J connectivity index is 1.77. The van der Waals surface area contributed by atoms with Gasteiger partial charge >= 0.3 is 0 Å². The maximum absolute atomic E-state index is 14.1. The number of piperidine rings is 1. The molecule has 2 fully saturated rings. The number of nitrogens with zero attached hydrogens (tertiary/aromatic N) is 3. The van der Waals surface area contributed by atoms with E-state index in [0.717, 1.165) is 21.8 Å². The Morgan fingerprint density at radius 1 is 1.17 bits per heavy atom. The summed E-state index contributed by atoms with van der Waals surface area (Å²) in [6.07, 6.45) is -2.07. The van der Waals surface area contributed by atoms with Crippen molar-refractivity contribution in [2.75, 3.05) is 19.6 Å². The van der Waals surface area contributed by atoms with Crippen molar-refractivity contribution in [3.63, 3.8) is 0 Å². The molecule has 0 bridgehead atoms. The highest BCUT2D eigenvalue weighted by atomic mass is 32.1. The first-order chi connectivity index (χ1) is 16.7. The second-order valence-electron chi connectivity index (χ2n) is 10.4. The minimum atomic E-state index is -3.01. The molecule has 4 rings (SSSR count). The molecule has 2 saturated heterocycles. The van der Waals surface area contributed by atoms with Crippen LogP contribution >= 0.6 is 11.3 Å². The Labute approximate surface area is 212 Å². The van der Waals surface area contributed by atoms with E-state index in [1.54, 1.807) is 45.9 Å². The number of aryl methyl sites for hydroxylation is 1. The number of likely N-dealkylation sites (tertiary alicyclic amines) is 2. The summed E-state index contributed by atoms with van der Waals surface area (Å²) in [5.74, 6) is -4.24. The van der Waals surface area contributed by atoms with Gasteiger partial charge in [0.05, 0.1) is 29.2 Å². The number of benzene rings is 1. The fourth-order valence-electron chi connectivity index (χ4n) is 4.81. The van der Waals surface area contributed by atoms with Gasteiger partial charge in [-0.05, 0) is 44.4 Å². The number of aromatic nitrogens is 1. The number of carbonyl (C=O) groups is 2. The van der Waals surface area contributed by atoms with Crippen LogP contribution in [0.2, 0.25) is 0 Å². The summed E-state index contributed by atoms with van der Waals surface area (Å²) in [7, 11) is 0. The molecule has 2 amide bonds. The van der Waals surface area contributed by atoms with E-state index in [-0.39, 0.29) is 30.2 Å². The Kier molecular flexibility index (Phi) is 6.97. The van der Waals surface area contributed by atoms with Gasteiger partial charge in [0.25, 0.3) is 17.7 Å². The van der Waals surface area contributed by atoms with Crippen LogP contribution in [0.25, 0.3) is 10.4 Å². The molecule has 0 spiro atoms. The van der Waals surface area contributed by atoms with E-state index in [2.05, 4.69) is 4.98 Å². The van der Waals surface area contributed by atoms with E-state index in [1.165, 1.54) is 4.90 Å². The minimum absolute atomic E-state index is 0.0166. The lowest BCUT2D eigenvalue weighted by atomic mass is 9.94. The predicted molar refractivity (Wildman–Crippen MR) is 130 cm³/mol. The molecule has 0 radical (unpaired) electrons. The Hall–Kier alpha value is -2.47. The monoisotopic (exact) mass is 523 g/mol. The van der Waals surface area contributed by atoms with Gasteiger partial charge in [-0.3, -0.25) is 9.59 Å². The molecule has 11 heteroatoms. The SMILES string of the molecule is Cc1cc(C(C)(C)O)ccc1-c1sc(C(=O)N2C[C@H](O)C[C@H](O)C2)nc1C(=O)N1CC(F)(F)C[C@@H]1C. The molecule has 8 nitrogen and oxygen atoms in total. The van der Waals surface area contributed by atoms with Crippen molar-refractivity contribution >= 4 is 23.2 Å². The van der Waals surface area contributed by atoms with Gasteiger partial charge < -0.3 is 25.1 Å². The first kappa shape index (κ1) is 26.6. The number of β-amino-alcohol motifs (C(OH)–C–C–N with tert-alkyl or cyclic N) is 2. The first-order valence-electron chi connectivity index (χ1n) is 11.8. The molecular formula is C25H31F2N3O5S. The molecule has 0 aliphatic carbocycles. The molecule has 196 valence electrons. The lowest BCUT2D eigenvalue weighted by Gasteiger charge is -2.32. The van der Waals surface area contributed by atoms with E-state index in [4.69, 9.17) is 0 Å². The molecule has 2 aliphatic heterocycles. The number of alkyl halides is 2. The molecule has 2 aromatic rings. The van der Waals surface area contributed by atoms with Gasteiger partial charge in [-0.2, -0.15) is 0 Å². The van der Waals surface area contributed by atoms with Crippen LogP contribution in [-0.2, 0) is 5.60 Å². The maximum Gasteiger partial charge on any atom is 0.283 e. The van der Waals surface area contributed by atoms with Crippen LogP contribution in [0.3, 0.4) is 0 Å². The number of aliphatic hydroxyl groups excluding tert-OH is 2. The van der Waals surface area contributed by atoms with Crippen molar-refractivity contribution in [3.05, 3.63) is 40.0 Å². The molecule has 0 saturated carbocycles. The van der Waals surface area contributed by atoms with Gasteiger partial charge in [-0.15, -0.1) is 11.3 Å². The fourth-order valence-corrected chi connectivity index (χ4v) is 5.92.